The van der Waals surface area contributed by atoms with Gasteiger partial charge in [0.05, 0.1) is 36.9 Å². The molecule has 0 saturated carbocycles. The van der Waals surface area contributed by atoms with Crippen LogP contribution in [0.3, 0.4) is 0 Å². The molecule has 7 aromatic rings. The van der Waals surface area contributed by atoms with Gasteiger partial charge in [-0.2, -0.15) is 6.67 Å². The molecular weight excluding hydrogens is 1480 g/mol. The number of rotatable bonds is 23. The molecule has 2 aromatic carbocycles. The third kappa shape index (κ3) is 25.8. The predicted molar refractivity (Wildman–Crippen MR) is 331 cm³/mol. The van der Waals surface area contributed by atoms with Crippen molar-refractivity contribution in [1.29, 1.82) is 0 Å². The summed E-state index contributed by atoms with van der Waals surface area (Å²) in [5.41, 5.74) is 3.81. The van der Waals surface area contributed by atoms with Crippen LogP contribution in [0, 0.1) is 6.67 Å². The van der Waals surface area contributed by atoms with Gasteiger partial charge >= 0.3 is 49.3 Å². The minimum Gasteiger partial charge on any atom is -0.357 e. The molecule has 0 unspecified atom stereocenters. The van der Waals surface area contributed by atoms with Crippen molar-refractivity contribution >= 4 is 56.0 Å². The van der Waals surface area contributed by atoms with E-state index in [1.807, 2.05) is 121 Å². The molecule has 0 fully saturated rings. The van der Waals surface area contributed by atoms with Gasteiger partial charge in [-0.05, 0) is 116 Å². The van der Waals surface area contributed by atoms with Gasteiger partial charge in [0, 0.05) is 48.1 Å². The van der Waals surface area contributed by atoms with E-state index in [0.717, 1.165) is 28.8 Å². The maximum absolute atomic E-state index is 4.61. The van der Waals surface area contributed by atoms with Gasteiger partial charge in [-0.1, -0.05) is 177 Å². The van der Waals surface area contributed by atoms with E-state index in [-0.39, 0.29) is 38.0 Å². The number of pyridine rings is 4. The molecule has 444 valence electrons. The molecule has 0 aliphatic carbocycles. The number of hydrogen-bond acceptors (Lipinski definition) is 10. The Labute approximate surface area is 534 Å². The summed E-state index contributed by atoms with van der Waals surface area (Å²) in [5.74, 6) is 4.98. The van der Waals surface area contributed by atoms with E-state index < -0.39 is 0 Å². The first-order chi connectivity index (χ1) is 39.9. The Bertz CT molecular complexity index is 2700. The zero-order valence-electron chi connectivity index (χ0n) is 48.4. The summed E-state index contributed by atoms with van der Waals surface area (Å²) in [5, 5.41) is 9.13. The molecule has 3 aliphatic rings. The number of halogens is 2. The normalized spacial score (nSPS) is 14.3. The Morgan fingerprint density at radius 3 is 1.10 bits per heavy atom. The number of aromatic nitrogens is 6. The fourth-order valence-corrected chi connectivity index (χ4v) is 8.94. The largest absolute Gasteiger partial charge is 2.00 e. The average molecular weight is 1560 g/mol. The molecule has 5 aromatic heterocycles. The third-order valence-electron chi connectivity index (χ3n) is 13.2. The number of hydrogen-bond donors (Lipinski definition) is 0. The minimum absolute atomic E-state index is 0. The van der Waals surface area contributed by atoms with Crippen LogP contribution in [0.15, 0.2) is 197 Å². The first-order valence-electron chi connectivity index (χ1n) is 28.7. The molecule has 0 radical (unpaired) electrons. The van der Waals surface area contributed by atoms with Crippen LogP contribution in [0.2, 0.25) is 0 Å². The predicted octanol–water partition coefficient (Wildman–Crippen LogP) is 13.5. The molecule has 0 atom stereocenters. The smallest absolute Gasteiger partial charge is 0.357 e. The first kappa shape index (κ1) is 69.5. The third-order valence-corrected chi connectivity index (χ3v) is 13.2. The van der Waals surface area contributed by atoms with Gasteiger partial charge in [0.25, 0.3) is 0 Å². The van der Waals surface area contributed by atoms with Crippen molar-refractivity contribution < 1.29 is 61.4 Å². The quantitative estimate of drug-likeness (QED) is 0.0354. The van der Waals surface area contributed by atoms with Crippen LogP contribution >= 0.6 is 9.42 Å². The van der Waals surface area contributed by atoms with Gasteiger partial charge in [0.1, 0.15) is 12.4 Å². The average Bonchev–Trinajstić information content (AvgIpc) is 4.22. The molecule has 14 nitrogen and oxygen atoms in total. The van der Waals surface area contributed by atoms with Crippen LogP contribution in [0.1, 0.15) is 145 Å². The van der Waals surface area contributed by atoms with Crippen LogP contribution in [0.25, 0.3) is 10.6 Å². The topological polar surface area (TPSA) is 144 Å². The van der Waals surface area contributed by atoms with E-state index in [9.17, 15) is 0 Å². The van der Waals surface area contributed by atoms with E-state index in [4.69, 9.17) is 0 Å². The molecule has 3 aliphatic heterocycles. The van der Waals surface area contributed by atoms with Crippen molar-refractivity contribution in [3.05, 3.63) is 217 Å². The van der Waals surface area contributed by atoms with Crippen molar-refractivity contribution in [2.75, 3.05) is 13.6 Å². The van der Waals surface area contributed by atoms with Crippen LogP contribution in [0.4, 0.5) is 23.3 Å². The summed E-state index contributed by atoms with van der Waals surface area (Å²) in [7, 11) is 8.75. The maximum Gasteiger partial charge on any atom is 2.00 e. The number of nitrogens with zero attached hydrogens (tertiary/aromatic N) is 14. The molecule has 0 N–H and O–H groups in total. The zero-order valence-corrected chi connectivity index (χ0v) is 55.3. The number of fused-ring (bicyclic) bond motifs is 2. The second-order valence-corrected chi connectivity index (χ2v) is 19.7. The monoisotopic (exact) mass is 1560 g/mol. The number of aliphatic imine (C=N–C) groups is 4. The number of aryl methyl sites for hydroxylation is 2. The Kier molecular flexibility index (Phi) is 35.1. The molecule has 0 saturated heterocycles. The number of amidine groups is 4. The van der Waals surface area contributed by atoms with Gasteiger partial charge in [0.2, 0.25) is 6.33 Å². The number of benzene rings is 2. The van der Waals surface area contributed by atoms with E-state index in [1.165, 1.54) is 116 Å². The molecule has 10 rings (SSSR count). The second-order valence-electron chi connectivity index (χ2n) is 19.7. The van der Waals surface area contributed by atoms with Crippen LogP contribution in [-0.2, 0) is 53.4 Å². The van der Waals surface area contributed by atoms with E-state index >= 15 is 0 Å². The van der Waals surface area contributed by atoms with Gasteiger partial charge < -0.3 is 57.4 Å². The zero-order chi connectivity index (χ0) is 57.0. The SMILES string of the molecule is CCCCCCCCCCCCCCCCN1C=CN(C)[CH-]1.CCCCCn1cc[n+](C)c1.[Br-].[Cl][Pt+].[Pt+2].c1ccc(N=C2[N-]C(=Nc3ccccn3)c3ccccc32)nc1.c1ccc(N=C2[N-]C(=Nc3ccccn3)c3ccccc32)nc1. The standard InChI is InChI=1S/C20H39N2.2C18H12N5.C9H17N2.BrH.ClH.2Pt/c1-3-4-5-6-7-8-9-10-11-12-13-14-15-16-17-22-19-18-21(2)20-22;2*1-2-8-14-13(7-1)17(21-15-9-3-5-11-19-15)23-18(14)22-16-10-4-6-12-20-16;1-3-4-5-6-11-8-7-10(2)9-11;;;;/h18-20H,3-17H2,1-2H3;2*1-12H;7-9H,3-6H2,1-2H3;2*1H;;/q3*-1;+1;;;2*+2/p-2. The number of imidazole rings is 1. The molecule has 18 heteroatoms. The van der Waals surface area contributed by atoms with Crippen LogP contribution in [0.5, 0.6) is 0 Å². The Balaban J connectivity index is 0.000000240. The molecular formula is C65H80BrClN14Pt2. The van der Waals surface area contributed by atoms with Gasteiger partial charge in [0.15, 0.2) is 0 Å². The molecule has 83 heavy (non-hydrogen) atoms. The molecule has 0 bridgehead atoms. The molecule has 0 spiro atoms. The Morgan fingerprint density at radius 2 is 0.795 bits per heavy atom. The fourth-order valence-electron chi connectivity index (χ4n) is 8.94. The Hall–Kier alpha value is -5.98. The fraction of sp³-hybridized carbons (Fsp3) is 0.354. The van der Waals surface area contributed by atoms with E-state index in [0.29, 0.717) is 46.6 Å². The van der Waals surface area contributed by atoms with Gasteiger partial charge in [-0.25, -0.2) is 9.13 Å². The van der Waals surface area contributed by atoms with Crippen molar-refractivity contribution in [3.63, 3.8) is 0 Å². The van der Waals surface area contributed by atoms with Crippen molar-refractivity contribution in [2.45, 2.75) is 130 Å². The maximum atomic E-state index is 4.61. The first-order valence-corrected chi connectivity index (χ1v) is 31.5. The van der Waals surface area contributed by atoms with Crippen LogP contribution < -0.4 is 21.5 Å². The molecule has 0 amide bonds. The summed E-state index contributed by atoms with van der Waals surface area (Å²) in [6.45, 7) is 9.03. The number of unbranched alkanes of at least 4 members (excludes halogenated alkanes) is 15. The summed E-state index contributed by atoms with van der Waals surface area (Å²) in [6.07, 6.45) is 41.5. The van der Waals surface area contributed by atoms with Crippen molar-refractivity contribution in [1.82, 2.24) is 34.3 Å². The second kappa shape index (κ2) is 41.9. The summed E-state index contributed by atoms with van der Waals surface area (Å²) < 4.78 is 4.31. The van der Waals surface area contributed by atoms with Crippen molar-refractivity contribution in [2.24, 2.45) is 27.0 Å². The van der Waals surface area contributed by atoms with Crippen LogP contribution in [-0.4, -0.2) is 71.2 Å². The summed E-state index contributed by atoms with van der Waals surface area (Å²) in [6, 6.07) is 38.2. The van der Waals surface area contributed by atoms with Gasteiger partial charge in [-0.3, -0.25) is 19.9 Å². The van der Waals surface area contributed by atoms with Gasteiger partial charge in [-0.15, -0.1) is 0 Å². The van der Waals surface area contributed by atoms with E-state index in [1.54, 1.807) is 43.6 Å². The summed E-state index contributed by atoms with van der Waals surface area (Å²) in [4.78, 5) is 39.4. The van der Waals surface area contributed by atoms with Crippen molar-refractivity contribution in [3.8, 4) is 0 Å². The summed E-state index contributed by atoms with van der Waals surface area (Å²) >= 11 is 1.61. The Morgan fingerprint density at radius 1 is 0.470 bits per heavy atom. The minimum atomic E-state index is 0. The molecule has 8 heterocycles. The van der Waals surface area contributed by atoms with E-state index in [2.05, 4.69) is 145 Å².